The molecule has 2 amide bonds. The topological polar surface area (TPSA) is 67.4 Å². The van der Waals surface area contributed by atoms with E-state index in [2.05, 4.69) is 10.6 Å². The van der Waals surface area contributed by atoms with Gasteiger partial charge in [0.15, 0.2) is 5.60 Å². The van der Waals surface area contributed by atoms with E-state index in [4.69, 9.17) is 4.74 Å². The van der Waals surface area contributed by atoms with Gasteiger partial charge in [0.1, 0.15) is 5.75 Å². The second kappa shape index (κ2) is 4.51. The van der Waals surface area contributed by atoms with Crippen LogP contribution in [0, 0.1) is 5.41 Å². The second-order valence-corrected chi connectivity index (χ2v) is 6.48. The van der Waals surface area contributed by atoms with Gasteiger partial charge in [-0.15, -0.1) is 0 Å². The molecule has 0 saturated carbocycles. The van der Waals surface area contributed by atoms with Crippen molar-refractivity contribution < 1.29 is 14.3 Å². The number of benzene rings is 1. The molecule has 20 heavy (non-hydrogen) atoms. The van der Waals surface area contributed by atoms with Crippen molar-refractivity contribution >= 4 is 23.2 Å². The van der Waals surface area contributed by atoms with Gasteiger partial charge in [-0.3, -0.25) is 9.59 Å². The van der Waals surface area contributed by atoms with E-state index < -0.39 is 11.0 Å². The first-order chi connectivity index (χ1) is 9.09. The third-order valence-corrected chi connectivity index (χ3v) is 3.08. The lowest BCUT2D eigenvalue weighted by Gasteiger charge is -2.31. The largest absolute Gasteiger partial charge is 0.476 e. The van der Waals surface area contributed by atoms with Gasteiger partial charge < -0.3 is 15.4 Å². The maximum absolute atomic E-state index is 11.9. The highest BCUT2D eigenvalue weighted by Gasteiger charge is 2.35. The normalized spacial score (nSPS) is 16.8. The molecule has 2 rings (SSSR count). The van der Waals surface area contributed by atoms with E-state index in [-0.39, 0.29) is 11.8 Å². The van der Waals surface area contributed by atoms with Gasteiger partial charge in [0.25, 0.3) is 5.91 Å². The Morgan fingerprint density at radius 3 is 2.55 bits per heavy atom. The van der Waals surface area contributed by atoms with Crippen molar-refractivity contribution in [2.24, 2.45) is 5.41 Å². The summed E-state index contributed by atoms with van der Waals surface area (Å²) in [4.78, 5) is 23.8. The van der Waals surface area contributed by atoms with Crippen molar-refractivity contribution in [2.75, 3.05) is 10.6 Å². The molecule has 1 aliphatic heterocycles. The van der Waals surface area contributed by atoms with Gasteiger partial charge in [-0.25, -0.2) is 0 Å². The molecule has 108 valence electrons. The Balaban J connectivity index is 2.24. The lowest BCUT2D eigenvalue weighted by Crippen LogP contribution is -2.45. The van der Waals surface area contributed by atoms with Crippen LogP contribution in [0.1, 0.15) is 34.6 Å². The summed E-state index contributed by atoms with van der Waals surface area (Å²) in [6, 6.07) is 5.21. The van der Waals surface area contributed by atoms with Crippen LogP contribution in [0.2, 0.25) is 0 Å². The molecule has 1 aliphatic rings. The SMILES string of the molecule is CC(C)(C)C(=O)Nc1ccc2c(c1)NC(=O)C(C)(C)O2. The molecule has 0 fully saturated rings. The van der Waals surface area contributed by atoms with E-state index in [1.165, 1.54) is 0 Å². The minimum atomic E-state index is -0.886. The van der Waals surface area contributed by atoms with Crippen LogP contribution in [0.3, 0.4) is 0 Å². The van der Waals surface area contributed by atoms with E-state index in [9.17, 15) is 9.59 Å². The Bertz CT molecular complexity index is 571. The van der Waals surface area contributed by atoms with Crippen molar-refractivity contribution in [1.82, 2.24) is 0 Å². The summed E-state index contributed by atoms with van der Waals surface area (Å²) in [6.45, 7) is 8.94. The van der Waals surface area contributed by atoms with E-state index in [1.807, 2.05) is 20.8 Å². The predicted octanol–water partition coefficient (Wildman–Crippen LogP) is 2.78. The predicted molar refractivity (Wildman–Crippen MR) is 77.9 cm³/mol. The summed E-state index contributed by atoms with van der Waals surface area (Å²) in [5, 5.41) is 5.61. The molecule has 0 unspecified atom stereocenters. The molecule has 0 spiro atoms. The fraction of sp³-hybridized carbons (Fsp3) is 0.467. The standard InChI is InChI=1S/C15H20N2O3/c1-14(2,3)12(18)16-9-6-7-11-10(8-9)17-13(19)15(4,5)20-11/h6-8H,1-5H3,(H,16,18)(H,17,19). The Labute approximate surface area is 118 Å². The van der Waals surface area contributed by atoms with Gasteiger partial charge in [-0.1, -0.05) is 20.8 Å². The average molecular weight is 276 g/mol. The highest BCUT2D eigenvalue weighted by Crippen LogP contribution is 2.35. The number of carbonyl (C=O) groups excluding carboxylic acids is 2. The number of nitrogens with one attached hydrogen (secondary N) is 2. The molecule has 0 aromatic heterocycles. The number of amides is 2. The molecule has 0 aliphatic carbocycles. The van der Waals surface area contributed by atoms with Crippen molar-refractivity contribution in [2.45, 2.75) is 40.2 Å². The molecule has 5 nitrogen and oxygen atoms in total. The van der Waals surface area contributed by atoms with Crippen molar-refractivity contribution in [3.63, 3.8) is 0 Å². The third-order valence-electron chi connectivity index (χ3n) is 3.08. The van der Waals surface area contributed by atoms with Crippen molar-refractivity contribution in [3.05, 3.63) is 18.2 Å². The van der Waals surface area contributed by atoms with Crippen LogP contribution in [0.15, 0.2) is 18.2 Å². The number of hydrogen-bond acceptors (Lipinski definition) is 3. The van der Waals surface area contributed by atoms with Crippen LogP contribution < -0.4 is 15.4 Å². The smallest absolute Gasteiger partial charge is 0.268 e. The summed E-state index contributed by atoms with van der Waals surface area (Å²) in [5.74, 6) is 0.313. The summed E-state index contributed by atoms with van der Waals surface area (Å²) >= 11 is 0. The van der Waals surface area contributed by atoms with Gasteiger partial charge in [0.05, 0.1) is 5.69 Å². The Morgan fingerprint density at radius 1 is 1.30 bits per heavy atom. The van der Waals surface area contributed by atoms with Gasteiger partial charge in [0, 0.05) is 11.1 Å². The fourth-order valence-corrected chi connectivity index (χ4v) is 1.71. The molecule has 0 radical (unpaired) electrons. The van der Waals surface area contributed by atoms with Crippen LogP contribution in [0.4, 0.5) is 11.4 Å². The Morgan fingerprint density at radius 2 is 1.95 bits per heavy atom. The number of hydrogen-bond donors (Lipinski definition) is 2. The van der Waals surface area contributed by atoms with Gasteiger partial charge >= 0.3 is 0 Å². The minimum Gasteiger partial charge on any atom is -0.476 e. The molecule has 5 heteroatoms. The zero-order chi connectivity index (χ0) is 15.1. The number of rotatable bonds is 1. The van der Waals surface area contributed by atoms with Crippen LogP contribution in [0.5, 0.6) is 5.75 Å². The van der Waals surface area contributed by atoms with Crippen molar-refractivity contribution in [1.29, 1.82) is 0 Å². The van der Waals surface area contributed by atoms with Crippen LogP contribution in [-0.2, 0) is 9.59 Å². The summed E-state index contributed by atoms with van der Waals surface area (Å²) < 4.78 is 5.63. The highest BCUT2D eigenvalue weighted by molar-refractivity contribution is 6.01. The van der Waals surface area contributed by atoms with E-state index >= 15 is 0 Å². The molecule has 1 aromatic rings. The maximum atomic E-state index is 11.9. The second-order valence-electron chi connectivity index (χ2n) is 6.48. The van der Waals surface area contributed by atoms with Crippen LogP contribution in [0.25, 0.3) is 0 Å². The molecule has 0 saturated heterocycles. The molecule has 1 heterocycles. The first-order valence-electron chi connectivity index (χ1n) is 6.55. The molecule has 0 bridgehead atoms. The fourth-order valence-electron chi connectivity index (χ4n) is 1.71. The molecule has 2 N–H and O–H groups in total. The summed E-state index contributed by atoms with van der Waals surface area (Å²) in [6.07, 6.45) is 0. The maximum Gasteiger partial charge on any atom is 0.268 e. The first kappa shape index (κ1) is 14.4. The van der Waals surface area contributed by atoms with Crippen molar-refractivity contribution in [3.8, 4) is 5.75 Å². The Kier molecular flexibility index (Phi) is 3.24. The van der Waals surface area contributed by atoms with Gasteiger partial charge in [-0.2, -0.15) is 0 Å². The Hall–Kier alpha value is -2.04. The number of carbonyl (C=O) groups is 2. The summed E-state index contributed by atoms with van der Waals surface area (Å²) in [5.41, 5.74) is -0.158. The number of ether oxygens (including phenoxy) is 1. The van der Waals surface area contributed by atoms with E-state index in [1.54, 1.807) is 32.0 Å². The zero-order valence-electron chi connectivity index (χ0n) is 12.5. The van der Waals surface area contributed by atoms with Crippen LogP contribution >= 0.6 is 0 Å². The zero-order valence-corrected chi connectivity index (χ0v) is 12.5. The van der Waals surface area contributed by atoms with Gasteiger partial charge in [-0.05, 0) is 32.0 Å². The average Bonchev–Trinajstić information content (AvgIpc) is 2.29. The quantitative estimate of drug-likeness (QED) is 0.828. The number of anilines is 2. The van der Waals surface area contributed by atoms with Crippen LogP contribution in [-0.4, -0.2) is 17.4 Å². The van der Waals surface area contributed by atoms with E-state index in [0.29, 0.717) is 17.1 Å². The molecular formula is C15H20N2O3. The lowest BCUT2D eigenvalue weighted by atomic mass is 9.95. The molecule has 0 atom stereocenters. The monoisotopic (exact) mass is 276 g/mol. The molecule has 1 aromatic carbocycles. The highest BCUT2D eigenvalue weighted by atomic mass is 16.5. The first-order valence-corrected chi connectivity index (χ1v) is 6.55. The summed E-state index contributed by atoms with van der Waals surface area (Å²) in [7, 11) is 0. The molecular weight excluding hydrogens is 256 g/mol. The number of fused-ring (bicyclic) bond motifs is 1. The minimum absolute atomic E-state index is 0.0826. The van der Waals surface area contributed by atoms with E-state index in [0.717, 1.165) is 0 Å². The lowest BCUT2D eigenvalue weighted by molar-refractivity contribution is -0.129. The third kappa shape index (κ3) is 2.76. The van der Waals surface area contributed by atoms with Gasteiger partial charge in [0.2, 0.25) is 5.91 Å².